The zero-order chi connectivity index (χ0) is 8.97. The van der Waals surface area contributed by atoms with Gasteiger partial charge in [0.05, 0.1) is 0 Å². The average Bonchev–Trinajstić information content (AvgIpc) is 2.08. The number of nitrogens with one attached hydrogen (secondary N) is 2. The lowest BCUT2D eigenvalue weighted by Gasteiger charge is -2.38. The van der Waals surface area contributed by atoms with Crippen LogP contribution in [0.15, 0.2) is 0 Å². The van der Waals surface area contributed by atoms with E-state index in [1.165, 1.54) is 13.1 Å². The van der Waals surface area contributed by atoms with E-state index in [1.807, 2.05) is 7.05 Å². The summed E-state index contributed by atoms with van der Waals surface area (Å²) in [7, 11) is 2.01. The SMILES string of the molecule is CNCCN1CCNC(C)C1C. The Hall–Kier alpha value is -0.120. The molecule has 1 fully saturated rings. The van der Waals surface area contributed by atoms with Crippen LogP contribution in [0.25, 0.3) is 0 Å². The molecule has 1 rings (SSSR count). The Labute approximate surface area is 75.5 Å². The standard InChI is InChI=1S/C9H21N3/c1-8-9(2)12(6-4-10-3)7-5-11-8/h8-11H,4-7H2,1-3H3. The van der Waals surface area contributed by atoms with Crippen LogP contribution in [0.5, 0.6) is 0 Å². The molecular formula is C9H21N3. The lowest BCUT2D eigenvalue weighted by molar-refractivity contribution is 0.140. The predicted octanol–water partition coefficient (Wildman–Crippen LogP) is -0.112. The van der Waals surface area contributed by atoms with Gasteiger partial charge in [-0.1, -0.05) is 0 Å². The Morgan fingerprint density at radius 2 is 2.25 bits per heavy atom. The van der Waals surface area contributed by atoms with Crippen molar-refractivity contribution in [3.05, 3.63) is 0 Å². The van der Waals surface area contributed by atoms with E-state index in [4.69, 9.17) is 0 Å². The van der Waals surface area contributed by atoms with Crippen molar-refractivity contribution in [1.82, 2.24) is 15.5 Å². The molecule has 0 aromatic rings. The van der Waals surface area contributed by atoms with E-state index in [9.17, 15) is 0 Å². The summed E-state index contributed by atoms with van der Waals surface area (Å²) in [5, 5.41) is 6.66. The molecule has 0 aromatic heterocycles. The predicted molar refractivity (Wildman–Crippen MR) is 52.4 cm³/mol. The fourth-order valence-corrected chi connectivity index (χ4v) is 1.70. The Balaban J connectivity index is 2.30. The molecule has 1 aliphatic heterocycles. The first-order chi connectivity index (χ1) is 5.75. The molecule has 3 heteroatoms. The number of hydrogen-bond acceptors (Lipinski definition) is 3. The highest BCUT2D eigenvalue weighted by Crippen LogP contribution is 2.07. The monoisotopic (exact) mass is 171 g/mol. The first kappa shape index (κ1) is 9.96. The van der Waals surface area contributed by atoms with E-state index in [1.54, 1.807) is 0 Å². The van der Waals surface area contributed by atoms with Crippen LogP contribution in [-0.2, 0) is 0 Å². The van der Waals surface area contributed by atoms with Crippen molar-refractivity contribution < 1.29 is 0 Å². The van der Waals surface area contributed by atoms with E-state index in [0.717, 1.165) is 13.1 Å². The largest absolute Gasteiger partial charge is 0.318 e. The normalized spacial score (nSPS) is 32.2. The molecule has 2 atom stereocenters. The summed E-state index contributed by atoms with van der Waals surface area (Å²) in [4.78, 5) is 2.54. The molecule has 0 radical (unpaired) electrons. The summed E-state index contributed by atoms with van der Waals surface area (Å²) in [5.41, 5.74) is 0. The minimum absolute atomic E-state index is 0.635. The summed E-state index contributed by atoms with van der Waals surface area (Å²) < 4.78 is 0. The molecular weight excluding hydrogens is 150 g/mol. The zero-order valence-electron chi connectivity index (χ0n) is 8.43. The van der Waals surface area contributed by atoms with Crippen LogP contribution in [-0.4, -0.2) is 50.2 Å². The molecule has 1 aliphatic rings. The second kappa shape index (κ2) is 4.80. The van der Waals surface area contributed by atoms with Crippen molar-refractivity contribution >= 4 is 0 Å². The molecule has 2 unspecified atom stereocenters. The van der Waals surface area contributed by atoms with Crippen LogP contribution in [0.2, 0.25) is 0 Å². The maximum Gasteiger partial charge on any atom is 0.0219 e. The molecule has 2 N–H and O–H groups in total. The average molecular weight is 171 g/mol. The van der Waals surface area contributed by atoms with Crippen molar-refractivity contribution in [2.75, 3.05) is 33.2 Å². The van der Waals surface area contributed by atoms with E-state index in [-0.39, 0.29) is 0 Å². The van der Waals surface area contributed by atoms with Gasteiger partial charge in [0.1, 0.15) is 0 Å². The van der Waals surface area contributed by atoms with Gasteiger partial charge < -0.3 is 10.6 Å². The van der Waals surface area contributed by atoms with E-state index in [0.29, 0.717) is 12.1 Å². The minimum atomic E-state index is 0.635. The molecule has 0 amide bonds. The molecule has 0 saturated carbocycles. The van der Waals surface area contributed by atoms with E-state index < -0.39 is 0 Å². The Bertz CT molecular complexity index is 127. The molecule has 0 bridgehead atoms. The third-order valence-corrected chi connectivity index (χ3v) is 2.81. The third kappa shape index (κ3) is 2.44. The number of nitrogens with zero attached hydrogens (tertiary/aromatic N) is 1. The zero-order valence-corrected chi connectivity index (χ0v) is 8.43. The molecule has 3 nitrogen and oxygen atoms in total. The smallest absolute Gasteiger partial charge is 0.0219 e. The first-order valence-corrected chi connectivity index (χ1v) is 4.87. The van der Waals surface area contributed by atoms with Crippen LogP contribution >= 0.6 is 0 Å². The summed E-state index contributed by atoms with van der Waals surface area (Å²) in [6.07, 6.45) is 0. The second-order valence-electron chi connectivity index (χ2n) is 3.62. The number of rotatable bonds is 3. The molecule has 1 saturated heterocycles. The van der Waals surface area contributed by atoms with Crippen LogP contribution < -0.4 is 10.6 Å². The van der Waals surface area contributed by atoms with Crippen molar-refractivity contribution in [3.8, 4) is 0 Å². The summed E-state index contributed by atoms with van der Waals surface area (Å²) in [5.74, 6) is 0. The third-order valence-electron chi connectivity index (χ3n) is 2.81. The Morgan fingerprint density at radius 3 is 2.92 bits per heavy atom. The van der Waals surface area contributed by atoms with E-state index in [2.05, 4.69) is 29.4 Å². The number of piperazine rings is 1. The maximum atomic E-state index is 3.48. The number of hydrogen-bond donors (Lipinski definition) is 2. The van der Waals surface area contributed by atoms with Gasteiger partial charge in [0.25, 0.3) is 0 Å². The lowest BCUT2D eigenvalue weighted by Crippen LogP contribution is -2.56. The van der Waals surface area contributed by atoms with Crippen LogP contribution in [0.4, 0.5) is 0 Å². The first-order valence-electron chi connectivity index (χ1n) is 4.87. The van der Waals surface area contributed by atoms with Gasteiger partial charge in [-0.25, -0.2) is 0 Å². The topological polar surface area (TPSA) is 27.3 Å². The van der Waals surface area contributed by atoms with Crippen molar-refractivity contribution in [2.24, 2.45) is 0 Å². The molecule has 72 valence electrons. The van der Waals surface area contributed by atoms with Crippen molar-refractivity contribution in [1.29, 1.82) is 0 Å². The molecule has 1 heterocycles. The second-order valence-corrected chi connectivity index (χ2v) is 3.62. The van der Waals surface area contributed by atoms with Gasteiger partial charge in [-0.15, -0.1) is 0 Å². The van der Waals surface area contributed by atoms with Gasteiger partial charge in [0.15, 0.2) is 0 Å². The summed E-state index contributed by atoms with van der Waals surface area (Å²) >= 11 is 0. The number of likely N-dealkylation sites (N-methyl/N-ethyl adjacent to an activating group) is 1. The van der Waals surface area contributed by atoms with Crippen molar-refractivity contribution in [2.45, 2.75) is 25.9 Å². The Morgan fingerprint density at radius 1 is 1.50 bits per heavy atom. The van der Waals surface area contributed by atoms with Gasteiger partial charge in [-0.3, -0.25) is 4.90 Å². The van der Waals surface area contributed by atoms with Crippen LogP contribution in [0.3, 0.4) is 0 Å². The fourth-order valence-electron chi connectivity index (χ4n) is 1.70. The summed E-state index contributed by atoms with van der Waals surface area (Å²) in [6.45, 7) is 9.14. The highest BCUT2D eigenvalue weighted by molar-refractivity contribution is 4.83. The highest BCUT2D eigenvalue weighted by atomic mass is 15.2. The van der Waals surface area contributed by atoms with Crippen LogP contribution in [0.1, 0.15) is 13.8 Å². The summed E-state index contributed by atoms with van der Waals surface area (Å²) in [6, 6.07) is 1.31. The maximum absolute atomic E-state index is 3.48. The molecule has 0 aliphatic carbocycles. The minimum Gasteiger partial charge on any atom is -0.318 e. The fraction of sp³-hybridized carbons (Fsp3) is 1.00. The highest BCUT2D eigenvalue weighted by Gasteiger charge is 2.22. The molecule has 0 aromatic carbocycles. The lowest BCUT2D eigenvalue weighted by atomic mass is 10.1. The van der Waals surface area contributed by atoms with Gasteiger partial charge in [0.2, 0.25) is 0 Å². The van der Waals surface area contributed by atoms with Gasteiger partial charge in [0, 0.05) is 38.3 Å². The quantitative estimate of drug-likeness (QED) is 0.620. The molecule has 12 heavy (non-hydrogen) atoms. The van der Waals surface area contributed by atoms with Gasteiger partial charge in [-0.2, -0.15) is 0 Å². The van der Waals surface area contributed by atoms with E-state index >= 15 is 0 Å². The molecule has 0 spiro atoms. The van der Waals surface area contributed by atoms with Crippen molar-refractivity contribution in [3.63, 3.8) is 0 Å². The van der Waals surface area contributed by atoms with Gasteiger partial charge in [-0.05, 0) is 20.9 Å². The Kier molecular flexibility index (Phi) is 3.98. The van der Waals surface area contributed by atoms with Gasteiger partial charge >= 0.3 is 0 Å². The van der Waals surface area contributed by atoms with Crippen LogP contribution in [0, 0.1) is 0 Å².